The Kier molecular flexibility index (Phi) is 7.46. The van der Waals surface area contributed by atoms with Crippen molar-refractivity contribution in [3.05, 3.63) is 29.3 Å². The lowest BCUT2D eigenvalue weighted by Crippen LogP contribution is -2.51. The first-order valence-corrected chi connectivity index (χ1v) is 10.8. The molecule has 1 heterocycles. The van der Waals surface area contributed by atoms with Crippen LogP contribution in [0.1, 0.15) is 33.1 Å². The first-order valence-electron chi connectivity index (χ1n) is 8.99. The number of hydrogen-bond donors (Lipinski definition) is 2. The van der Waals surface area contributed by atoms with E-state index in [9.17, 15) is 13.2 Å². The smallest absolute Gasteiger partial charge is 0.243 e. The normalized spacial score (nSPS) is 17.6. The van der Waals surface area contributed by atoms with Crippen molar-refractivity contribution in [1.29, 1.82) is 0 Å². The maximum absolute atomic E-state index is 13.3. The van der Waals surface area contributed by atoms with Crippen molar-refractivity contribution in [1.82, 2.24) is 9.62 Å². The van der Waals surface area contributed by atoms with Crippen LogP contribution in [-0.4, -0.2) is 44.3 Å². The molecule has 0 bridgehead atoms. The molecule has 26 heavy (non-hydrogen) atoms. The fourth-order valence-electron chi connectivity index (χ4n) is 3.28. The third-order valence-electron chi connectivity index (χ3n) is 4.69. The Morgan fingerprint density at radius 2 is 1.85 bits per heavy atom. The Labute approximate surface area is 161 Å². The van der Waals surface area contributed by atoms with Crippen LogP contribution in [0.2, 0.25) is 5.02 Å². The highest BCUT2D eigenvalue weighted by Crippen LogP contribution is 2.26. The Morgan fingerprint density at radius 3 is 2.35 bits per heavy atom. The van der Waals surface area contributed by atoms with E-state index in [2.05, 4.69) is 5.32 Å². The topological polar surface area (TPSA) is 92.5 Å². The van der Waals surface area contributed by atoms with Crippen LogP contribution >= 0.6 is 11.6 Å². The summed E-state index contributed by atoms with van der Waals surface area (Å²) in [6, 6.07) is 5.17. The number of piperidine rings is 1. The van der Waals surface area contributed by atoms with Gasteiger partial charge in [-0.3, -0.25) is 4.79 Å². The number of sulfonamides is 1. The van der Waals surface area contributed by atoms with Gasteiger partial charge in [0.1, 0.15) is 6.04 Å². The van der Waals surface area contributed by atoms with Crippen molar-refractivity contribution in [2.24, 2.45) is 17.6 Å². The number of carbonyl (C=O) groups is 1. The number of nitrogens with zero attached hydrogens (tertiary/aromatic N) is 1. The number of carbonyl (C=O) groups excluding carboxylic acids is 1. The molecule has 1 aliphatic rings. The third kappa shape index (κ3) is 5.42. The molecule has 1 saturated heterocycles. The zero-order chi connectivity index (χ0) is 19.3. The summed E-state index contributed by atoms with van der Waals surface area (Å²) in [6.07, 6.45) is 2.15. The molecule has 1 aliphatic heterocycles. The molecule has 0 saturated carbocycles. The third-order valence-corrected chi connectivity index (χ3v) is 6.83. The van der Waals surface area contributed by atoms with E-state index in [0.29, 0.717) is 18.0 Å². The number of nitrogens with one attached hydrogen (secondary N) is 1. The second kappa shape index (κ2) is 9.17. The molecule has 1 atom stereocenters. The fourth-order valence-corrected chi connectivity index (χ4v) is 5.08. The number of halogens is 1. The summed E-state index contributed by atoms with van der Waals surface area (Å²) >= 11 is 5.89. The van der Waals surface area contributed by atoms with E-state index in [-0.39, 0.29) is 16.7 Å². The van der Waals surface area contributed by atoms with Crippen LogP contribution in [0, 0.1) is 11.8 Å². The minimum Gasteiger partial charge on any atom is -0.368 e. The minimum atomic E-state index is -3.85. The number of rotatable bonds is 8. The van der Waals surface area contributed by atoms with Crippen LogP contribution in [-0.2, 0) is 14.8 Å². The Bertz CT molecular complexity index is 701. The lowest BCUT2D eigenvalue weighted by atomic mass is 9.96. The average Bonchev–Trinajstić information content (AvgIpc) is 2.58. The molecule has 6 nitrogen and oxygen atoms in total. The van der Waals surface area contributed by atoms with Gasteiger partial charge in [-0.25, -0.2) is 8.42 Å². The molecule has 0 radical (unpaired) electrons. The van der Waals surface area contributed by atoms with Crippen LogP contribution in [0.4, 0.5) is 0 Å². The Balaban J connectivity index is 2.39. The van der Waals surface area contributed by atoms with Crippen molar-refractivity contribution >= 4 is 27.5 Å². The number of hydrogen-bond acceptors (Lipinski definition) is 4. The molecule has 146 valence electrons. The van der Waals surface area contributed by atoms with Gasteiger partial charge < -0.3 is 11.1 Å². The Hall–Kier alpha value is -1.15. The first-order chi connectivity index (χ1) is 12.2. The van der Waals surface area contributed by atoms with Crippen molar-refractivity contribution in [3.63, 3.8) is 0 Å². The van der Waals surface area contributed by atoms with Crippen molar-refractivity contribution in [2.75, 3.05) is 19.6 Å². The lowest BCUT2D eigenvalue weighted by molar-refractivity contribution is -0.122. The van der Waals surface area contributed by atoms with E-state index in [0.717, 1.165) is 25.9 Å². The lowest BCUT2D eigenvalue weighted by Gasteiger charge is -2.34. The van der Waals surface area contributed by atoms with E-state index in [1.54, 1.807) is 12.1 Å². The van der Waals surface area contributed by atoms with Gasteiger partial charge in [0, 0.05) is 11.6 Å². The van der Waals surface area contributed by atoms with E-state index < -0.39 is 22.0 Å². The monoisotopic (exact) mass is 401 g/mol. The maximum Gasteiger partial charge on any atom is 0.243 e. The van der Waals surface area contributed by atoms with Crippen LogP contribution < -0.4 is 11.1 Å². The average molecular weight is 402 g/mol. The Morgan fingerprint density at radius 1 is 1.27 bits per heavy atom. The molecule has 1 aromatic rings. The maximum atomic E-state index is 13.3. The molecule has 3 N–H and O–H groups in total. The highest BCUT2D eigenvalue weighted by Gasteiger charge is 2.37. The van der Waals surface area contributed by atoms with Crippen LogP contribution in [0.3, 0.4) is 0 Å². The summed E-state index contributed by atoms with van der Waals surface area (Å²) in [5.74, 6) is -0.263. The van der Waals surface area contributed by atoms with Gasteiger partial charge in [0.15, 0.2) is 0 Å². The molecular formula is C18H28ClN3O3S. The largest absolute Gasteiger partial charge is 0.368 e. The summed E-state index contributed by atoms with van der Waals surface area (Å²) < 4.78 is 27.9. The second-order valence-corrected chi connectivity index (χ2v) is 9.60. The van der Waals surface area contributed by atoms with Crippen LogP contribution in [0.15, 0.2) is 29.2 Å². The van der Waals surface area contributed by atoms with Gasteiger partial charge in [-0.2, -0.15) is 4.31 Å². The number of nitrogens with two attached hydrogens (primary N) is 1. The highest BCUT2D eigenvalue weighted by molar-refractivity contribution is 7.89. The molecule has 1 aromatic carbocycles. The number of primary amides is 1. The number of benzene rings is 1. The molecular weight excluding hydrogens is 374 g/mol. The minimum absolute atomic E-state index is 0.130. The van der Waals surface area contributed by atoms with Gasteiger partial charge in [0.05, 0.1) is 4.90 Å². The van der Waals surface area contributed by atoms with Gasteiger partial charge in [-0.1, -0.05) is 25.4 Å². The first kappa shape index (κ1) is 21.2. The van der Waals surface area contributed by atoms with Crippen molar-refractivity contribution in [3.8, 4) is 0 Å². The van der Waals surface area contributed by atoms with E-state index in [1.165, 1.54) is 16.4 Å². The molecule has 1 fully saturated rings. The molecule has 0 aromatic heterocycles. The zero-order valence-electron chi connectivity index (χ0n) is 15.3. The summed E-state index contributed by atoms with van der Waals surface area (Å²) in [5.41, 5.74) is 5.61. The fraction of sp³-hybridized carbons (Fsp3) is 0.611. The molecule has 1 amide bonds. The molecule has 2 rings (SSSR count). The van der Waals surface area contributed by atoms with Crippen LogP contribution in [0.25, 0.3) is 0 Å². The van der Waals surface area contributed by atoms with Crippen LogP contribution in [0.5, 0.6) is 0 Å². The summed E-state index contributed by atoms with van der Waals surface area (Å²) in [5, 5.41) is 3.74. The van der Waals surface area contributed by atoms with E-state index in [4.69, 9.17) is 17.3 Å². The predicted octanol–water partition coefficient (Wildman–Crippen LogP) is 2.23. The zero-order valence-corrected chi connectivity index (χ0v) is 16.9. The van der Waals surface area contributed by atoms with Gasteiger partial charge in [0.25, 0.3) is 0 Å². The molecule has 8 heteroatoms. The van der Waals surface area contributed by atoms with E-state index >= 15 is 0 Å². The summed E-state index contributed by atoms with van der Waals surface area (Å²) in [6.45, 7) is 5.91. The predicted molar refractivity (Wildman–Crippen MR) is 103 cm³/mol. The summed E-state index contributed by atoms with van der Waals surface area (Å²) in [4.78, 5) is 12.3. The van der Waals surface area contributed by atoms with Gasteiger partial charge in [0.2, 0.25) is 15.9 Å². The van der Waals surface area contributed by atoms with E-state index in [1.807, 2.05) is 13.8 Å². The molecule has 0 aliphatic carbocycles. The SMILES string of the molecule is CC(C)C[C@@H](C(N)=O)N(CC1CCNCC1)S(=O)(=O)c1ccc(Cl)cc1. The molecule has 0 unspecified atom stereocenters. The quantitative estimate of drug-likeness (QED) is 0.698. The highest BCUT2D eigenvalue weighted by atomic mass is 35.5. The summed E-state index contributed by atoms with van der Waals surface area (Å²) in [7, 11) is -3.85. The van der Waals surface area contributed by atoms with Crippen molar-refractivity contribution in [2.45, 2.75) is 44.0 Å². The van der Waals surface area contributed by atoms with Gasteiger partial charge in [-0.15, -0.1) is 0 Å². The van der Waals surface area contributed by atoms with Gasteiger partial charge in [-0.05, 0) is 68.5 Å². The van der Waals surface area contributed by atoms with Crippen molar-refractivity contribution < 1.29 is 13.2 Å². The van der Waals surface area contributed by atoms with Gasteiger partial charge >= 0.3 is 0 Å². The second-order valence-electron chi connectivity index (χ2n) is 7.27. The number of amides is 1. The standard InChI is InChI=1S/C18H28ClN3O3S/c1-13(2)11-17(18(20)23)22(12-14-7-9-21-10-8-14)26(24,25)16-5-3-15(19)4-6-16/h3-6,13-14,17,21H,7-12H2,1-2H3,(H2,20,23)/t17-/m0/s1. The molecule has 0 spiro atoms.